The largest absolute Gasteiger partial charge is 0.328 e. The van der Waals surface area contributed by atoms with Crippen molar-refractivity contribution in [2.75, 3.05) is 11.9 Å². The molecule has 8 nitrogen and oxygen atoms in total. The minimum atomic E-state index is -0.377. The number of amides is 2. The lowest BCUT2D eigenvalue weighted by atomic mass is 10.0. The second-order valence-electron chi connectivity index (χ2n) is 7.39. The van der Waals surface area contributed by atoms with E-state index in [1.54, 1.807) is 18.7 Å². The number of hydrogen-bond acceptors (Lipinski definition) is 7. The SMILES string of the molecule is Cc1nc([C@H]2CCCCN2C(=O)c2snnc2C)ncc1C(=O)Nc1ccc(F)cc1. The highest BCUT2D eigenvalue weighted by molar-refractivity contribution is 7.07. The zero-order chi connectivity index (χ0) is 22.0. The van der Waals surface area contributed by atoms with Crippen LogP contribution in [0, 0.1) is 19.7 Å². The Morgan fingerprint density at radius 1 is 1.16 bits per heavy atom. The summed E-state index contributed by atoms with van der Waals surface area (Å²) in [6.45, 7) is 4.11. The second-order valence-corrected chi connectivity index (χ2v) is 8.14. The van der Waals surface area contributed by atoms with Gasteiger partial charge in [0.2, 0.25) is 0 Å². The first-order chi connectivity index (χ1) is 14.9. The number of anilines is 1. The molecule has 160 valence electrons. The van der Waals surface area contributed by atoms with Crippen molar-refractivity contribution in [2.24, 2.45) is 0 Å². The lowest BCUT2D eigenvalue weighted by molar-refractivity contribution is 0.0603. The van der Waals surface area contributed by atoms with Crippen molar-refractivity contribution in [2.45, 2.75) is 39.2 Å². The molecule has 1 fully saturated rings. The van der Waals surface area contributed by atoms with Crippen LogP contribution in [-0.4, -0.2) is 42.8 Å². The highest BCUT2D eigenvalue weighted by Gasteiger charge is 2.32. The molecule has 1 aliphatic heterocycles. The summed E-state index contributed by atoms with van der Waals surface area (Å²) < 4.78 is 16.9. The van der Waals surface area contributed by atoms with E-state index in [4.69, 9.17) is 0 Å². The number of aryl methyl sites for hydroxylation is 2. The van der Waals surface area contributed by atoms with Gasteiger partial charge in [0.1, 0.15) is 10.7 Å². The summed E-state index contributed by atoms with van der Waals surface area (Å²) in [6.07, 6.45) is 4.10. The number of benzene rings is 1. The van der Waals surface area contributed by atoms with Crippen molar-refractivity contribution in [1.29, 1.82) is 0 Å². The van der Waals surface area contributed by atoms with Gasteiger partial charge < -0.3 is 10.2 Å². The molecule has 0 unspecified atom stereocenters. The van der Waals surface area contributed by atoms with Crippen LogP contribution >= 0.6 is 11.5 Å². The Hall–Kier alpha value is -3.27. The minimum Gasteiger partial charge on any atom is -0.328 e. The van der Waals surface area contributed by atoms with Crippen molar-refractivity contribution in [3.05, 3.63) is 63.9 Å². The molecule has 10 heteroatoms. The first kappa shape index (κ1) is 21.0. The molecule has 0 radical (unpaired) electrons. The lowest BCUT2D eigenvalue weighted by Gasteiger charge is -2.34. The molecular formula is C21H21FN6O2S. The smallest absolute Gasteiger partial charge is 0.268 e. The number of likely N-dealkylation sites (tertiary alicyclic amines) is 1. The van der Waals surface area contributed by atoms with Crippen molar-refractivity contribution in [3.8, 4) is 0 Å². The Morgan fingerprint density at radius 2 is 1.94 bits per heavy atom. The molecule has 0 saturated carbocycles. The fourth-order valence-corrected chi connectivity index (χ4v) is 4.21. The van der Waals surface area contributed by atoms with Gasteiger partial charge in [-0.1, -0.05) is 4.49 Å². The van der Waals surface area contributed by atoms with E-state index < -0.39 is 0 Å². The van der Waals surface area contributed by atoms with Crippen LogP contribution in [0.5, 0.6) is 0 Å². The summed E-state index contributed by atoms with van der Waals surface area (Å²) in [5.74, 6) is -0.355. The van der Waals surface area contributed by atoms with Crippen LogP contribution in [0.4, 0.5) is 10.1 Å². The van der Waals surface area contributed by atoms with E-state index >= 15 is 0 Å². The highest BCUT2D eigenvalue weighted by Crippen LogP contribution is 2.31. The van der Waals surface area contributed by atoms with Crippen LogP contribution in [-0.2, 0) is 0 Å². The number of rotatable bonds is 4. The fourth-order valence-electron chi connectivity index (χ4n) is 3.60. The molecule has 3 heterocycles. The van der Waals surface area contributed by atoms with Gasteiger partial charge in [-0.05, 0) is 68.9 Å². The van der Waals surface area contributed by atoms with E-state index in [1.165, 1.54) is 30.5 Å². The van der Waals surface area contributed by atoms with Crippen molar-refractivity contribution < 1.29 is 14.0 Å². The average Bonchev–Trinajstić information content (AvgIpc) is 3.20. The van der Waals surface area contributed by atoms with Crippen LogP contribution in [0.3, 0.4) is 0 Å². The van der Waals surface area contributed by atoms with E-state index in [1.807, 2.05) is 0 Å². The van der Waals surface area contributed by atoms with Crippen LogP contribution in [0.15, 0.2) is 30.5 Å². The van der Waals surface area contributed by atoms with Crippen LogP contribution in [0.2, 0.25) is 0 Å². The quantitative estimate of drug-likeness (QED) is 0.664. The maximum atomic E-state index is 13.1. The molecule has 4 rings (SSSR count). The summed E-state index contributed by atoms with van der Waals surface area (Å²) >= 11 is 1.09. The fraction of sp³-hybridized carbons (Fsp3) is 0.333. The van der Waals surface area contributed by atoms with E-state index in [0.717, 1.165) is 30.8 Å². The summed E-state index contributed by atoms with van der Waals surface area (Å²) in [6, 6.07) is 5.25. The predicted octanol–water partition coefficient (Wildman–Crippen LogP) is 3.70. The zero-order valence-corrected chi connectivity index (χ0v) is 17.9. The third-order valence-corrected chi connectivity index (χ3v) is 6.07. The van der Waals surface area contributed by atoms with E-state index in [2.05, 4.69) is 24.9 Å². The van der Waals surface area contributed by atoms with Crippen molar-refractivity contribution in [3.63, 3.8) is 0 Å². The molecule has 1 aliphatic rings. The molecule has 2 aromatic heterocycles. The standard InChI is InChI=1S/C21H21FN6O2S/c1-12-16(20(29)25-15-8-6-14(22)7-9-15)11-23-19(24-12)17-5-3-4-10-28(17)21(30)18-13(2)26-27-31-18/h6-9,11,17H,3-5,10H2,1-2H3,(H,25,29)/t17-/m1/s1. The number of carbonyl (C=O) groups is 2. The first-order valence-corrected chi connectivity index (χ1v) is 10.7. The Bertz CT molecular complexity index is 1120. The van der Waals surface area contributed by atoms with Crippen LogP contribution in [0.25, 0.3) is 0 Å². The van der Waals surface area contributed by atoms with Crippen LogP contribution in [0.1, 0.15) is 62.5 Å². The summed E-state index contributed by atoms with van der Waals surface area (Å²) in [5.41, 5.74) is 1.93. The highest BCUT2D eigenvalue weighted by atomic mass is 32.1. The number of halogens is 1. The molecule has 2 amide bonds. The van der Waals surface area contributed by atoms with Gasteiger partial charge >= 0.3 is 0 Å². The Morgan fingerprint density at radius 3 is 2.61 bits per heavy atom. The molecule has 1 atom stereocenters. The van der Waals surface area contributed by atoms with E-state index in [0.29, 0.717) is 39.9 Å². The maximum absolute atomic E-state index is 13.1. The zero-order valence-electron chi connectivity index (χ0n) is 17.1. The van der Waals surface area contributed by atoms with Gasteiger partial charge in [-0.3, -0.25) is 9.59 Å². The number of hydrogen-bond donors (Lipinski definition) is 1. The van der Waals surface area contributed by atoms with Gasteiger partial charge in [-0.15, -0.1) is 5.10 Å². The maximum Gasteiger partial charge on any atom is 0.268 e. The molecule has 31 heavy (non-hydrogen) atoms. The van der Waals surface area contributed by atoms with Gasteiger partial charge in [0.15, 0.2) is 5.82 Å². The molecule has 1 aromatic carbocycles. The summed E-state index contributed by atoms with van der Waals surface area (Å²) in [4.78, 5) is 37.0. The topological polar surface area (TPSA) is 101 Å². The lowest BCUT2D eigenvalue weighted by Crippen LogP contribution is -2.39. The van der Waals surface area contributed by atoms with Crippen LogP contribution < -0.4 is 5.32 Å². The third kappa shape index (κ3) is 4.43. The van der Waals surface area contributed by atoms with E-state index in [9.17, 15) is 14.0 Å². The monoisotopic (exact) mass is 440 g/mol. The third-order valence-electron chi connectivity index (χ3n) is 5.25. The normalized spacial score (nSPS) is 16.2. The molecule has 1 saturated heterocycles. The Kier molecular flexibility index (Phi) is 5.99. The minimum absolute atomic E-state index is 0.114. The predicted molar refractivity (Wildman–Crippen MR) is 113 cm³/mol. The summed E-state index contributed by atoms with van der Waals surface area (Å²) in [7, 11) is 0. The first-order valence-electron chi connectivity index (χ1n) is 9.94. The van der Waals surface area contributed by atoms with Crippen molar-refractivity contribution in [1.82, 2.24) is 24.5 Å². The number of carbonyl (C=O) groups excluding carboxylic acids is 2. The van der Waals surface area contributed by atoms with Gasteiger partial charge in [0.05, 0.1) is 23.0 Å². The van der Waals surface area contributed by atoms with Gasteiger partial charge in [-0.25, -0.2) is 14.4 Å². The number of aromatic nitrogens is 4. The van der Waals surface area contributed by atoms with Gasteiger partial charge in [0.25, 0.3) is 11.8 Å². The molecule has 0 aliphatic carbocycles. The molecule has 1 N–H and O–H groups in total. The van der Waals surface area contributed by atoms with Gasteiger partial charge in [-0.2, -0.15) is 0 Å². The average molecular weight is 441 g/mol. The summed E-state index contributed by atoms with van der Waals surface area (Å²) in [5, 5.41) is 6.65. The number of nitrogens with zero attached hydrogens (tertiary/aromatic N) is 5. The molecule has 0 bridgehead atoms. The molecular weight excluding hydrogens is 419 g/mol. The number of piperidine rings is 1. The molecule has 3 aromatic rings. The Balaban J connectivity index is 1.55. The second kappa shape index (κ2) is 8.84. The Labute approximate surface area is 182 Å². The van der Waals surface area contributed by atoms with Gasteiger partial charge in [0, 0.05) is 18.4 Å². The number of nitrogens with one attached hydrogen (secondary N) is 1. The van der Waals surface area contributed by atoms with E-state index in [-0.39, 0.29) is 23.7 Å². The van der Waals surface area contributed by atoms with Crippen molar-refractivity contribution >= 4 is 29.0 Å². The molecule has 0 spiro atoms.